The zero-order valence-corrected chi connectivity index (χ0v) is 15.5. The van der Waals surface area contributed by atoms with E-state index in [9.17, 15) is 18.0 Å². The summed E-state index contributed by atoms with van der Waals surface area (Å²) in [4.78, 5) is 16.8. The summed E-state index contributed by atoms with van der Waals surface area (Å²) in [5, 5.41) is 3.97. The first-order chi connectivity index (χ1) is 12.8. The third kappa shape index (κ3) is 5.30. The van der Waals surface area contributed by atoms with Crippen LogP contribution in [-0.2, 0) is 19.1 Å². The number of thiazole rings is 1. The van der Waals surface area contributed by atoms with Gasteiger partial charge in [0, 0.05) is 18.0 Å². The normalized spacial score (nSPS) is 11.4. The van der Waals surface area contributed by atoms with E-state index in [0.29, 0.717) is 27.0 Å². The van der Waals surface area contributed by atoms with Gasteiger partial charge in [-0.3, -0.25) is 4.79 Å². The Balaban J connectivity index is 1.62. The number of nitrogens with zero attached hydrogens (tertiary/aromatic N) is 1. The van der Waals surface area contributed by atoms with Gasteiger partial charge in [-0.15, -0.1) is 11.3 Å². The molecule has 3 aromatic rings. The fraction of sp³-hybridized carbons (Fsp3) is 0.158. The van der Waals surface area contributed by atoms with E-state index in [-0.39, 0.29) is 12.3 Å². The number of alkyl halides is 3. The van der Waals surface area contributed by atoms with Crippen LogP contribution in [0.5, 0.6) is 0 Å². The maximum absolute atomic E-state index is 12.8. The molecular formula is C19H14ClF3N2OS. The van der Waals surface area contributed by atoms with Gasteiger partial charge in [-0.25, -0.2) is 4.98 Å². The van der Waals surface area contributed by atoms with E-state index in [1.165, 1.54) is 12.3 Å². The van der Waals surface area contributed by atoms with Crippen molar-refractivity contribution in [3.05, 3.63) is 86.3 Å². The van der Waals surface area contributed by atoms with Crippen LogP contribution in [-0.4, -0.2) is 10.9 Å². The second-order valence-electron chi connectivity index (χ2n) is 5.80. The number of carbonyl (C=O) groups excluding carboxylic acids is 1. The maximum atomic E-state index is 12.8. The SMILES string of the molecule is O=C(NCc1ccc(Cl)cc1)c1cnc(Cc2cccc(C(F)(F)F)c2)s1. The number of aromatic nitrogens is 1. The number of halogens is 4. The molecule has 1 amide bonds. The number of hydrogen-bond acceptors (Lipinski definition) is 3. The molecule has 1 N–H and O–H groups in total. The highest BCUT2D eigenvalue weighted by Crippen LogP contribution is 2.30. The zero-order valence-electron chi connectivity index (χ0n) is 13.9. The second-order valence-corrected chi connectivity index (χ2v) is 7.35. The summed E-state index contributed by atoms with van der Waals surface area (Å²) in [5.74, 6) is -0.280. The van der Waals surface area contributed by atoms with Gasteiger partial charge >= 0.3 is 6.18 Å². The van der Waals surface area contributed by atoms with Crippen LogP contribution in [0.25, 0.3) is 0 Å². The largest absolute Gasteiger partial charge is 0.416 e. The summed E-state index contributed by atoms with van der Waals surface area (Å²) >= 11 is 6.98. The molecule has 0 spiro atoms. The molecule has 1 aromatic heterocycles. The monoisotopic (exact) mass is 410 g/mol. The third-order valence-electron chi connectivity index (χ3n) is 3.75. The van der Waals surface area contributed by atoms with E-state index in [0.717, 1.165) is 29.0 Å². The molecule has 140 valence electrons. The van der Waals surface area contributed by atoms with Crippen LogP contribution < -0.4 is 5.32 Å². The first-order valence-corrected chi connectivity index (χ1v) is 9.14. The van der Waals surface area contributed by atoms with E-state index in [1.54, 1.807) is 18.2 Å². The molecule has 0 fully saturated rings. The van der Waals surface area contributed by atoms with Gasteiger partial charge in [0.2, 0.25) is 0 Å². The highest BCUT2D eigenvalue weighted by atomic mass is 35.5. The summed E-state index contributed by atoms with van der Waals surface area (Å²) in [7, 11) is 0. The van der Waals surface area contributed by atoms with E-state index in [1.807, 2.05) is 12.1 Å². The lowest BCUT2D eigenvalue weighted by Gasteiger charge is -2.07. The Bertz CT molecular complexity index is 939. The van der Waals surface area contributed by atoms with Gasteiger partial charge in [0.1, 0.15) is 4.88 Å². The molecule has 1 heterocycles. The summed E-state index contributed by atoms with van der Waals surface area (Å²) in [5.41, 5.74) is 0.700. The number of benzene rings is 2. The van der Waals surface area contributed by atoms with Crippen LogP contribution in [0.4, 0.5) is 13.2 Å². The Hall–Kier alpha value is -2.38. The predicted octanol–water partition coefficient (Wildman–Crippen LogP) is 5.34. The van der Waals surface area contributed by atoms with E-state index in [4.69, 9.17) is 11.6 Å². The Morgan fingerprint density at radius 2 is 1.85 bits per heavy atom. The lowest BCUT2D eigenvalue weighted by Crippen LogP contribution is -2.21. The van der Waals surface area contributed by atoms with Crippen LogP contribution >= 0.6 is 22.9 Å². The molecule has 3 rings (SSSR count). The molecule has 27 heavy (non-hydrogen) atoms. The summed E-state index contributed by atoms with van der Waals surface area (Å²) in [6.07, 6.45) is -2.71. The maximum Gasteiger partial charge on any atom is 0.416 e. The molecule has 0 aliphatic heterocycles. The molecule has 0 bridgehead atoms. The highest BCUT2D eigenvalue weighted by Gasteiger charge is 2.30. The lowest BCUT2D eigenvalue weighted by atomic mass is 10.1. The first kappa shape index (κ1) is 19.4. The van der Waals surface area contributed by atoms with Gasteiger partial charge in [0.15, 0.2) is 0 Å². The van der Waals surface area contributed by atoms with Gasteiger partial charge in [0.05, 0.1) is 16.8 Å². The molecule has 0 aliphatic carbocycles. The van der Waals surface area contributed by atoms with Gasteiger partial charge in [-0.2, -0.15) is 13.2 Å². The molecule has 0 radical (unpaired) electrons. The standard InChI is InChI=1S/C19H14ClF3N2OS/c20-15-6-4-12(5-7-15)10-25-18(26)16-11-24-17(27-16)9-13-2-1-3-14(8-13)19(21,22)23/h1-8,11H,9-10H2,(H,25,26). The molecule has 0 unspecified atom stereocenters. The van der Waals surface area contributed by atoms with Crippen molar-refractivity contribution in [1.82, 2.24) is 10.3 Å². The molecule has 0 aliphatic rings. The smallest absolute Gasteiger partial charge is 0.347 e. The van der Waals surface area contributed by atoms with Crippen molar-refractivity contribution in [3.8, 4) is 0 Å². The molecule has 2 aromatic carbocycles. The van der Waals surface area contributed by atoms with E-state index < -0.39 is 11.7 Å². The summed E-state index contributed by atoms with van der Waals surface area (Å²) in [6, 6.07) is 12.2. The number of carbonyl (C=O) groups is 1. The highest BCUT2D eigenvalue weighted by molar-refractivity contribution is 7.13. The third-order valence-corrected chi connectivity index (χ3v) is 5.00. The van der Waals surface area contributed by atoms with Crippen molar-refractivity contribution in [2.75, 3.05) is 0 Å². The number of rotatable bonds is 5. The zero-order chi connectivity index (χ0) is 19.4. The van der Waals surface area contributed by atoms with Crippen LogP contribution in [0.3, 0.4) is 0 Å². The average molecular weight is 411 g/mol. The minimum atomic E-state index is -4.38. The van der Waals surface area contributed by atoms with Crippen LogP contribution in [0, 0.1) is 0 Å². The van der Waals surface area contributed by atoms with Gasteiger partial charge in [-0.1, -0.05) is 41.9 Å². The second kappa shape index (κ2) is 8.10. The fourth-order valence-corrected chi connectivity index (χ4v) is 3.40. The van der Waals surface area contributed by atoms with Gasteiger partial charge < -0.3 is 5.32 Å². The number of hydrogen-bond donors (Lipinski definition) is 1. The van der Waals surface area contributed by atoms with Crippen molar-refractivity contribution in [3.63, 3.8) is 0 Å². The number of nitrogens with one attached hydrogen (secondary N) is 1. The molecule has 0 saturated heterocycles. The topological polar surface area (TPSA) is 42.0 Å². The van der Waals surface area contributed by atoms with Crippen LogP contribution in [0.15, 0.2) is 54.7 Å². The Labute approximate surface area is 162 Å². The summed E-state index contributed by atoms with van der Waals surface area (Å²) in [6.45, 7) is 0.344. The fourth-order valence-electron chi connectivity index (χ4n) is 2.40. The van der Waals surface area contributed by atoms with Crippen molar-refractivity contribution >= 4 is 28.8 Å². The van der Waals surface area contributed by atoms with Gasteiger partial charge in [0.25, 0.3) is 5.91 Å². The minimum absolute atomic E-state index is 0.235. The quantitative estimate of drug-likeness (QED) is 0.617. The van der Waals surface area contributed by atoms with Crippen molar-refractivity contribution in [1.29, 1.82) is 0 Å². The lowest BCUT2D eigenvalue weighted by molar-refractivity contribution is -0.137. The molecule has 0 saturated carbocycles. The summed E-state index contributed by atoms with van der Waals surface area (Å²) < 4.78 is 38.4. The van der Waals surface area contributed by atoms with E-state index in [2.05, 4.69) is 10.3 Å². The Kier molecular flexibility index (Phi) is 5.82. The predicted molar refractivity (Wildman–Crippen MR) is 99.0 cm³/mol. The van der Waals surface area contributed by atoms with Gasteiger partial charge in [-0.05, 0) is 29.3 Å². The molecular weight excluding hydrogens is 397 g/mol. The van der Waals surface area contributed by atoms with Crippen molar-refractivity contribution in [2.24, 2.45) is 0 Å². The van der Waals surface area contributed by atoms with Crippen molar-refractivity contribution < 1.29 is 18.0 Å². The number of amides is 1. The first-order valence-electron chi connectivity index (χ1n) is 7.95. The van der Waals surface area contributed by atoms with Crippen LogP contribution in [0.1, 0.15) is 31.4 Å². The Morgan fingerprint density at radius 3 is 2.56 bits per heavy atom. The van der Waals surface area contributed by atoms with E-state index >= 15 is 0 Å². The average Bonchev–Trinajstić information content (AvgIpc) is 3.09. The minimum Gasteiger partial charge on any atom is -0.347 e. The van der Waals surface area contributed by atoms with Crippen LogP contribution in [0.2, 0.25) is 5.02 Å². The Morgan fingerprint density at radius 1 is 1.11 bits per heavy atom. The molecule has 3 nitrogen and oxygen atoms in total. The molecule has 8 heteroatoms. The van der Waals surface area contributed by atoms with Crippen molar-refractivity contribution in [2.45, 2.75) is 19.1 Å². The molecule has 0 atom stereocenters.